The zero-order chi connectivity index (χ0) is 11.7. The van der Waals surface area contributed by atoms with Crippen molar-refractivity contribution in [3.63, 3.8) is 0 Å². The lowest BCUT2D eigenvalue weighted by atomic mass is 10.3. The molecule has 0 fully saturated rings. The van der Waals surface area contributed by atoms with E-state index in [0.29, 0.717) is 17.9 Å². The van der Waals surface area contributed by atoms with Crippen molar-refractivity contribution in [3.05, 3.63) is 42.5 Å². The van der Waals surface area contributed by atoms with E-state index < -0.39 is 11.9 Å². The molecular formula is C10H10O5. The number of hydrogen-bond donors (Lipinski definition) is 3. The van der Waals surface area contributed by atoms with Gasteiger partial charge in [0.1, 0.15) is 5.75 Å². The molecule has 0 aliphatic rings. The van der Waals surface area contributed by atoms with Crippen molar-refractivity contribution in [3.8, 4) is 5.75 Å². The van der Waals surface area contributed by atoms with Crippen LogP contribution in [0.4, 0.5) is 0 Å². The first-order valence-corrected chi connectivity index (χ1v) is 3.90. The normalized spacial score (nSPS) is 9.07. The fraction of sp³-hybridized carbons (Fsp3) is 0. The molecule has 0 amide bonds. The quantitative estimate of drug-likeness (QED) is 0.635. The van der Waals surface area contributed by atoms with Gasteiger partial charge in [-0.05, 0) is 12.1 Å². The zero-order valence-corrected chi connectivity index (χ0v) is 7.70. The minimum Gasteiger partial charge on any atom is -0.508 e. The number of rotatable bonds is 2. The minimum atomic E-state index is -1.26. The number of phenolic OH excluding ortho intramolecular Hbond substituents is 1. The Morgan fingerprint density at radius 3 is 1.53 bits per heavy atom. The Morgan fingerprint density at radius 1 is 0.933 bits per heavy atom. The lowest BCUT2D eigenvalue weighted by Crippen LogP contribution is -1.91. The van der Waals surface area contributed by atoms with E-state index in [1.807, 2.05) is 6.07 Å². The number of hydrogen-bond acceptors (Lipinski definition) is 3. The number of aromatic hydroxyl groups is 1. The van der Waals surface area contributed by atoms with Crippen LogP contribution in [0.5, 0.6) is 5.75 Å². The molecule has 15 heavy (non-hydrogen) atoms. The standard InChI is InChI=1S/C6H6O.C4H4O4/c7-6-4-2-1-3-5-6;5-3(6)1-2-4(7)8/h1-5,7H;1-2H,(H,5,6)(H,7,8). The van der Waals surface area contributed by atoms with Crippen LogP contribution in [0.3, 0.4) is 0 Å². The molecule has 1 aromatic rings. The summed E-state index contributed by atoms with van der Waals surface area (Å²) >= 11 is 0. The van der Waals surface area contributed by atoms with E-state index in [0.717, 1.165) is 0 Å². The van der Waals surface area contributed by atoms with Crippen LogP contribution in [0.2, 0.25) is 0 Å². The summed E-state index contributed by atoms with van der Waals surface area (Å²) in [5.74, 6) is -2.19. The van der Waals surface area contributed by atoms with Gasteiger partial charge in [-0.2, -0.15) is 0 Å². The maximum absolute atomic E-state index is 9.55. The van der Waals surface area contributed by atoms with Gasteiger partial charge < -0.3 is 15.3 Å². The van der Waals surface area contributed by atoms with E-state index >= 15 is 0 Å². The molecule has 0 aromatic heterocycles. The van der Waals surface area contributed by atoms with Gasteiger partial charge in [-0.1, -0.05) is 18.2 Å². The van der Waals surface area contributed by atoms with Gasteiger partial charge >= 0.3 is 11.9 Å². The van der Waals surface area contributed by atoms with Gasteiger partial charge in [0.15, 0.2) is 0 Å². The topological polar surface area (TPSA) is 94.8 Å². The van der Waals surface area contributed by atoms with E-state index in [-0.39, 0.29) is 0 Å². The highest BCUT2D eigenvalue weighted by Crippen LogP contribution is 2.02. The Hall–Kier alpha value is -2.30. The van der Waals surface area contributed by atoms with E-state index in [1.165, 1.54) is 0 Å². The number of phenols is 1. The van der Waals surface area contributed by atoms with Crippen molar-refractivity contribution < 1.29 is 24.9 Å². The van der Waals surface area contributed by atoms with Crippen molar-refractivity contribution in [1.82, 2.24) is 0 Å². The number of carboxylic acids is 2. The SMILES string of the molecule is O=C(O)C=CC(=O)O.Oc1ccccc1. The van der Waals surface area contributed by atoms with Gasteiger partial charge in [0.2, 0.25) is 0 Å². The highest BCUT2D eigenvalue weighted by molar-refractivity contribution is 5.89. The first-order valence-electron chi connectivity index (χ1n) is 3.90. The molecule has 0 unspecified atom stereocenters. The van der Waals surface area contributed by atoms with Crippen molar-refractivity contribution in [2.45, 2.75) is 0 Å². The molecule has 0 saturated heterocycles. The fourth-order valence-corrected chi connectivity index (χ4v) is 0.571. The summed E-state index contributed by atoms with van der Waals surface area (Å²) in [6.45, 7) is 0. The second-order valence-electron chi connectivity index (χ2n) is 2.35. The number of benzene rings is 1. The average Bonchev–Trinajstić information content (AvgIpc) is 2.17. The van der Waals surface area contributed by atoms with Crippen molar-refractivity contribution in [1.29, 1.82) is 0 Å². The third-order valence-corrected chi connectivity index (χ3v) is 1.12. The predicted molar refractivity (Wildman–Crippen MR) is 52.5 cm³/mol. The molecule has 0 saturated carbocycles. The van der Waals surface area contributed by atoms with Gasteiger partial charge in [-0.3, -0.25) is 0 Å². The number of carbonyl (C=O) groups is 2. The Balaban J connectivity index is 0.000000262. The molecule has 0 heterocycles. The van der Waals surface area contributed by atoms with Crippen molar-refractivity contribution >= 4 is 11.9 Å². The zero-order valence-electron chi connectivity index (χ0n) is 7.70. The van der Waals surface area contributed by atoms with Crippen molar-refractivity contribution in [2.75, 3.05) is 0 Å². The minimum absolute atomic E-state index is 0.322. The third kappa shape index (κ3) is 9.62. The third-order valence-electron chi connectivity index (χ3n) is 1.12. The summed E-state index contributed by atoms with van der Waals surface area (Å²) in [6.07, 6.45) is 1.12. The van der Waals surface area contributed by atoms with Crippen LogP contribution in [-0.4, -0.2) is 27.3 Å². The molecule has 80 valence electrons. The molecule has 5 heteroatoms. The molecule has 0 aliphatic heterocycles. The Morgan fingerprint density at radius 2 is 1.33 bits per heavy atom. The van der Waals surface area contributed by atoms with Crippen LogP contribution in [0.25, 0.3) is 0 Å². The second-order valence-corrected chi connectivity index (χ2v) is 2.35. The molecule has 0 aliphatic carbocycles. The summed E-state index contributed by atoms with van der Waals surface area (Å²) in [5.41, 5.74) is 0. The molecule has 1 aromatic carbocycles. The van der Waals surface area contributed by atoms with Gasteiger partial charge in [-0.25, -0.2) is 9.59 Å². The first kappa shape index (κ1) is 12.7. The summed E-state index contributed by atoms with van der Waals surface area (Å²) in [4.78, 5) is 19.1. The van der Waals surface area contributed by atoms with Crippen LogP contribution < -0.4 is 0 Å². The molecule has 3 N–H and O–H groups in total. The van der Waals surface area contributed by atoms with Crippen LogP contribution in [-0.2, 0) is 9.59 Å². The predicted octanol–water partition coefficient (Wildman–Crippen LogP) is 1.10. The van der Waals surface area contributed by atoms with Gasteiger partial charge in [0, 0.05) is 12.2 Å². The van der Waals surface area contributed by atoms with Gasteiger partial charge in [0.25, 0.3) is 0 Å². The molecule has 0 atom stereocenters. The highest BCUT2D eigenvalue weighted by Gasteiger charge is 1.88. The summed E-state index contributed by atoms with van der Waals surface area (Å²) in [5, 5.41) is 24.3. The first-order chi connectivity index (χ1) is 7.02. The summed E-state index contributed by atoms with van der Waals surface area (Å²) in [7, 11) is 0. The van der Waals surface area contributed by atoms with Crippen LogP contribution >= 0.6 is 0 Å². The highest BCUT2D eigenvalue weighted by atomic mass is 16.4. The fourth-order valence-electron chi connectivity index (χ4n) is 0.571. The number of para-hydroxylation sites is 1. The molecule has 5 nitrogen and oxygen atoms in total. The molecule has 0 bridgehead atoms. The summed E-state index contributed by atoms with van der Waals surface area (Å²) < 4.78 is 0. The van der Waals surface area contributed by atoms with Crippen LogP contribution in [0.15, 0.2) is 42.5 Å². The summed E-state index contributed by atoms with van der Waals surface area (Å²) in [6, 6.07) is 8.71. The Labute approximate surface area is 85.9 Å². The molecule has 1 rings (SSSR count). The van der Waals surface area contributed by atoms with E-state index in [9.17, 15) is 9.59 Å². The second kappa shape index (κ2) is 7.14. The van der Waals surface area contributed by atoms with E-state index in [1.54, 1.807) is 24.3 Å². The maximum atomic E-state index is 9.55. The van der Waals surface area contributed by atoms with Gasteiger partial charge in [-0.15, -0.1) is 0 Å². The molecule has 0 spiro atoms. The van der Waals surface area contributed by atoms with Crippen molar-refractivity contribution in [2.24, 2.45) is 0 Å². The number of aliphatic carboxylic acids is 2. The maximum Gasteiger partial charge on any atom is 0.328 e. The largest absolute Gasteiger partial charge is 0.508 e. The average molecular weight is 210 g/mol. The van der Waals surface area contributed by atoms with E-state index in [2.05, 4.69) is 0 Å². The van der Waals surface area contributed by atoms with Crippen LogP contribution in [0.1, 0.15) is 0 Å². The van der Waals surface area contributed by atoms with Gasteiger partial charge in [0.05, 0.1) is 0 Å². The lowest BCUT2D eigenvalue weighted by molar-refractivity contribution is -0.134. The number of carboxylic acid groups (broad SMARTS) is 2. The molecular weight excluding hydrogens is 200 g/mol. The monoisotopic (exact) mass is 210 g/mol. The van der Waals surface area contributed by atoms with Crippen LogP contribution in [0, 0.1) is 0 Å². The smallest absolute Gasteiger partial charge is 0.328 e. The molecule has 0 radical (unpaired) electrons. The Bertz CT molecular complexity index is 326. The van der Waals surface area contributed by atoms with E-state index in [4.69, 9.17) is 15.3 Å². The Kier molecular flexibility index (Phi) is 6.04. The lowest BCUT2D eigenvalue weighted by Gasteiger charge is -1.82.